The van der Waals surface area contributed by atoms with Crippen molar-refractivity contribution >= 4 is 17.5 Å². The Kier molecular flexibility index (Phi) is 8.75. The quantitative estimate of drug-likeness (QED) is 0.669. The zero-order chi connectivity index (χ0) is 17.1. The van der Waals surface area contributed by atoms with E-state index in [0.29, 0.717) is 26.3 Å². The Morgan fingerprint density at radius 3 is 2.48 bits per heavy atom. The highest BCUT2D eigenvalue weighted by atomic mass is 16.5. The summed E-state index contributed by atoms with van der Waals surface area (Å²) in [6.45, 7) is 5.55. The molecule has 0 bridgehead atoms. The number of nitrogens with one attached hydrogen (secondary N) is 1. The fourth-order valence-corrected chi connectivity index (χ4v) is 2.10. The van der Waals surface area contributed by atoms with Crippen LogP contribution in [0.3, 0.4) is 0 Å². The van der Waals surface area contributed by atoms with Crippen LogP contribution in [0.25, 0.3) is 0 Å². The molecule has 128 valence electrons. The number of rotatable bonds is 10. The fourth-order valence-electron chi connectivity index (χ4n) is 2.10. The molecule has 0 fully saturated rings. The molecule has 0 aliphatic carbocycles. The Bertz CT molecular complexity index is 488. The smallest absolute Gasteiger partial charge is 0.223 e. The Morgan fingerprint density at radius 2 is 1.91 bits per heavy atom. The number of carbonyl (C=O) groups is 2. The normalized spacial score (nSPS) is 10.2. The molecule has 1 rings (SSSR count). The lowest BCUT2D eigenvalue weighted by molar-refractivity contribution is -0.121. The molecule has 0 radical (unpaired) electrons. The monoisotopic (exact) mass is 322 g/mol. The predicted molar refractivity (Wildman–Crippen MR) is 89.8 cm³/mol. The first kappa shape index (κ1) is 19.0. The van der Waals surface area contributed by atoms with Gasteiger partial charge in [-0.15, -0.1) is 0 Å². The van der Waals surface area contributed by atoms with Crippen molar-refractivity contribution in [3.8, 4) is 5.75 Å². The van der Waals surface area contributed by atoms with Crippen molar-refractivity contribution in [3.05, 3.63) is 24.3 Å². The minimum atomic E-state index is -0.0960. The molecule has 0 saturated heterocycles. The first-order valence-corrected chi connectivity index (χ1v) is 7.85. The molecule has 0 unspecified atom stereocenters. The van der Waals surface area contributed by atoms with Crippen LogP contribution in [0.15, 0.2) is 24.3 Å². The van der Waals surface area contributed by atoms with Gasteiger partial charge in [-0.1, -0.05) is 0 Å². The van der Waals surface area contributed by atoms with Crippen molar-refractivity contribution in [2.24, 2.45) is 0 Å². The van der Waals surface area contributed by atoms with Crippen LogP contribution in [0.2, 0.25) is 0 Å². The minimum Gasteiger partial charge on any atom is -0.494 e. The lowest BCUT2D eigenvalue weighted by Gasteiger charge is -2.21. The van der Waals surface area contributed by atoms with Crippen LogP contribution in [0, 0.1) is 0 Å². The van der Waals surface area contributed by atoms with Gasteiger partial charge < -0.3 is 19.7 Å². The third-order valence-corrected chi connectivity index (χ3v) is 3.25. The van der Waals surface area contributed by atoms with Gasteiger partial charge in [0.05, 0.1) is 6.61 Å². The summed E-state index contributed by atoms with van der Waals surface area (Å²) in [7, 11) is 1.63. The number of hydrogen-bond acceptors (Lipinski definition) is 4. The second-order valence-electron chi connectivity index (χ2n) is 5.04. The molecule has 0 aromatic heterocycles. The topological polar surface area (TPSA) is 67.9 Å². The number of anilines is 1. The van der Waals surface area contributed by atoms with E-state index in [0.717, 1.165) is 17.9 Å². The Morgan fingerprint density at radius 1 is 1.22 bits per heavy atom. The average molecular weight is 322 g/mol. The lowest BCUT2D eigenvalue weighted by Crippen LogP contribution is -2.34. The van der Waals surface area contributed by atoms with Gasteiger partial charge in [-0.2, -0.15) is 0 Å². The summed E-state index contributed by atoms with van der Waals surface area (Å²) in [6, 6.07) is 7.28. The number of ether oxygens (including phenoxy) is 2. The number of benzene rings is 1. The van der Waals surface area contributed by atoms with Gasteiger partial charge in [0.25, 0.3) is 0 Å². The number of hydrogen-bond donors (Lipinski definition) is 1. The van der Waals surface area contributed by atoms with E-state index < -0.39 is 0 Å². The second-order valence-corrected chi connectivity index (χ2v) is 5.04. The van der Waals surface area contributed by atoms with E-state index in [-0.39, 0.29) is 18.2 Å². The number of nitrogens with zero attached hydrogens (tertiary/aromatic N) is 1. The Labute approximate surface area is 137 Å². The maximum Gasteiger partial charge on any atom is 0.223 e. The van der Waals surface area contributed by atoms with Crippen molar-refractivity contribution in [1.82, 2.24) is 5.32 Å². The van der Waals surface area contributed by atoms with E-state index in [1.807, 2.05) is 31.2 Å². The van der Waals surface area contributed by atoms with Crippen LogP contribution in [0.4, 0.5) is 5.69 Å². The van der Waals surface area contributed by atoms with Gasteiger partial charge in [-0.05, 0) is 37.6 Å². The third-order valence-electron chi connectivity index (χ3n) is 3.25. The summed E-state index contributed by atoms with van der Waals surface area (Å²) >= 11 is 0. The van der Waals surface area contributed by atoms with Gasteiger partial charge in [0, 0.05) is 45.8 Å². The molecule has 0 heterocycles. The van der Waals surface area contributed by atoms with Crippen LogP contribution in [0.1, 0.15) is 26.7 Å². The maximum absolute atomic E-state index is 11.8. The SMILES string of the molecule is CCOc1ccc(N(CCC(=O)NCCCOC)C(C)=O)cc1. The van der Waals surface area contributed by atoms with Crippen LogP contribution in [-0.4, -0.2) is 45.2 Å². The summed E-state index contributed by atoms with van der Waals surface area (Å²) in [5, 5.41) is 2.81. The van der Waals surface area contributed by atoms with Gasteiger partial charge in [-0.25, -0.2) is 0 Å². The average Bonchev–Trinajstić information content (AvgIpc) is 2.53. The zero-order valence-corrected chi connectivity index (χ0v) is 14.1. The van der Waals surface area contributed by atoms with Crippen molar-refractivity contribution < 1.29 is 19.1 Å². The van der Waals surface area contributed by atoms with Gasteiger partial charge in [0.15, 0.2) is 0 Å². The molecule has 1 N–H and O–H groups in total. The highest BCUT2D eigenvalue weighted by Crippen LogP contribution is 2.20. The first-order chi connectivity index (χ1) is 11.1. The van der Waals surface area contributed by atoms with Crippen LogP contribution in [-0.2, 0) is 14.3 Å². The van der Waals surface area contributed by atoms with E-state index >= 15 is 0 Å². The van der Waals surface area contributed by atoms with Crippen molar-refractivity contribution in [1.29, 1.82) is 0 Å². The predicted octanol–water partition coefficient (Wildman–Crippen LogP) is 1.98. The summed E-state index contributed by atoms with van der Waals surface area (Å²) < 4.78 is 10.3. The second kappa shape index (κ2) is 10.6. The summed E-state index contributed by atoms with van der Waals surface area (Å²) in [6.07, 6.45) is 1.04. The molecule has 0 aliphatic heterocycles. The van der Waals surface area contributed by atoms with E-state index in [9.17, 15) is 9.59 Å². The molecule has 0 atom stereocenters. The standard InChI is InChI=1S/C17H26N2O4/c1-4-23-16-8-6-15(7-9-16)19(14(2)20)12-10-17(21)18-11-5-13-22-3/h6-9H,4-5,10-13H2,1-3H3,(H,18,21). The molecule has 6 nitrogen and oxygen atoms in total. The molecule has 1 aromatic rings. The summed E-state index contributed by atoms with van der Waals surface area (Å²) in [5.41, 5.74) is 0.758. The van der Waals surface area contributed by atoms with Gasteiger partial charge in [-0.3, -0.25) is 9.59 Å². The number of carbonyl (C=O) groups excluding carboxylic acids is 2. The van der Waals surface area contributed by atoms with Crippen molar-refractivity contribution in [2.75, 3.05) is 38.3 Å². The van der Waals surface area contributed by atoms with Gasteiger partial charge in [0.1, 0.15) is 5.75 Å². The summed E-state index contributed by atoms with van der Waals surface area (Å²) in [4.78, 5) is 25.2. The molecule has 23 heavy (non-hydrogen) atoms. The lowest BCUT2D eigenvalue weighted by atomic mass is 10.2. The molecule has 0 saturated carbocycles. The molecule has 6 heteroatoms. The minimum absolute atomic E-state index is 0.0710. The maximum atomic E-state index is 11.8. The van der Waals surface area contributed by atoms with Crippen LogP contribution in [0.5, 0.6) is 5.75 Å². The van der Waals surface area contributed by atoms with Crippen LogP contribution >= 0.6 is 0 Å². The molecule has 0 aliphatic rings. The Hall–Kier alpha value is -2.08. The van der Waals surface area contributed by atoms with Gasteiger partial charge >= 0.3 is 0 Å². The number of methoxy groups -OCH3 is 1. The third kappa shape index (κ3) is 7.15. The fraction of sp³-hybridized carbons (Fsp3) is 0.529. The van der Waals surface area contributed by atoms with E-state index in [1.54, 1.807) is 12.0 Å². The first-order valence-electron chi connectivity index (χ1n) is 7.85. The molecule has 1 aromatic carbocycles. The summed E-state index contributed by atoms with van der Waals surface area (Å²) in [5.74, 6) is 0.593. The van der Waals surface area contributed by atoms with Gasteiger partial charge in [0.2, 0.25) is 11.8 Å². The van der Waals surface area contributed by atoms with E-state index in [2.05, 4.69) is 5.32 Å². The molecular formula is C17H26N2O4. The molecule has 2 amide bonds. The molecule has 0 spiro atoms. The molecular weight excluding hydrogens is 296 g/mol. The van der Waals surface area contributed by atoms with E-state index in [4.69, 9.17) is 9.47 Å². The number of amides is 2. The van der Waals surface area contributed by atoms with Crippen LogP contribution < -0.4 is 15.0 Å². The highest BCUT2D eigenvalue weighted by molar-refractivity contribution is 5.92. The largest absolute Gasteiger partial charge is 0.494 e. The van der Waals surface area contributed by atoms with Crippen molar-refractivity contribution in [3.63, 3.8) is 0 Å². The zero-order valence-electron chi connectivity index (χ0n) is 14.1. The van der Waals surface area contributed by atoms with Crippen molar-refractivity contribution in [2.45, 2.75) is 26.7 Å². The Balaban J connectivity index is 2.51. The van der Waals surface area contributed by atoms with E-state index in [1.165, 1.54) is 6.92 Å². The highest BCUT2D eigenvalue weighted by Gasteiger charge is 2.13.